The van der Waals surface area contributed by atoms with Crippen LogP contribution in [0.5, 0.6) is 0 Å². The lowest BCUT2D eigenvalue weighted by Gasteiger charge is -2.35. The Morgan fingerprint density at radius 3 is 2.52 bits per heavy atom. The monoisotopic (exact) mass is 400 g/mol. The Bertz CT molecular complexity index is 671. The van der Waals surface area contributed by atoms with Crippen LogP contribution in [0.2, 0.25) is 0 Å². The molecule has 29 heavy (non-hydrogen) atoms. The number of rotatable bonds is 7. The summed E-state index contributed by atoms with van der Waals surface area (Å²) in [5.41, 5.74) is 0.960. The summed E-state index contributed by atoms with van der Waals surface area (Å²) in [5.74, 6) is 1.47. The second-order valence-corrected chi connectivity index (χ2v) is 8.18. The van der Waals surface area contributed by atoms with E-state index in [2.05, 4.69) is 39.3 Å². The van der Waals surface area contributed by atoms with E-state index in [4.69, 9.17) is 0 Å². The number of hydrogen-bond acceptors (Lipinski definition) is 4. The standard InChI is InChI=1S/C22H36N6O/c1-4-26-10-12-27(13-11-26)16-18(2)15-24-22(23-3)25-19-14-21(29)28(17-19)20-8-6-5-7-9-20/h5-9,18-19H,4,10-17H2,1-3H3,(H2,23,24,25). The summed E-state index contributed by atoms with van der Waals surface area (Å²) < 4.78 is 0. The average Bonchev–Trinajstić information content (AvgIpc) is 3.12. The Morgan fingerprint density at radius 1 is 1.17 bits per heavy atom. The molecule has 1 aromatic rings. The van der Waals surface area contributed by atoms with Crippen LogP contribution in [0.25, 0.3) is 0 Å². The molecule has 2 saturated heterocycles. The molecule has 0 bridgehead atoms. The predicted octanol–water partition coefficient (Wildman–Crippen LogP) is 1.23. The summed E-state index contributed by atoms with van der Waals surface area (Å²) in [4.78, 5) is 23.7. The van der Waals surface area contributed by atoms with Gasteiger partial charge in [-0.05, 0) is 24.6 Å². The number of likely N-dealkylation sites (N-methyl/N-ethyl adjacent to an activating group) is 1. The smallest absolute Gasteiger partial charge is 0.229 e. The first kappa shape index (κ1) is 21.6. The highest BCUT2D eigenvalue weighted by Gasteiger charge is 2.31. The fraction of sp³-hybridized carbons (Fsp3) is 0.636. The summed E-state index contributed by atoms with van der Waals surface area (Å²) in [6.45, 7) is 13.0. The highest BCUT2D eigenvalue weighted by Crippen LogP contribution is 2.20. The summed E-state index contributed by atoms with van der Waals surface area (Å²) in [5, 5.41) is 6.87. The molecule has 2 aliphatic heterocycles. The first-order chi connectivity index (χ1) is 14.1. The van der Waals surface area contributed by atoms with Crippen LogP contribution < -0.4 is 15.5 Å². The van der Waals surface area contributed by atoms with Crippen LogP contribution in [0, 0.1) is 5.92 Å². The SMILES string of the molecule is CCN1CCN(CC(C)CNC(=NC)NC2CC(=O)N(c3ccccc3)C2)CC1. The minimum atomic E-state index is 0.0753. The zero-order valence-electron chi connectivity index (χ0n) is 18.1. The van der Waals surface area contributed by atoms with Crippen molar-refractivity contribution in [3.8, 4) is 0 Å². The number of carbonyl (C=O) groups is 1. The number of aliphatic imine (C=N–C) groups is 1. The molecule has 2 atom stereocenters. The van der Waals surface area contributed by atoms with Gasteiger partial charge in [-0.15, -0.1) is 0 Å². The Kier molecular flexibility index (Phi) is 7.89. The number of piperazine rings is 1. The number of carbonyl (C=O) groups excluding carboxylic acids is 1. The summed E-state index contributed by atoms with van der Waals surface area (Å²) in [6.07, 6.45) is 0.493. The van der Waals surface area contributed by atoms with Gasteiger partial charge in [-0.25, -0.2) is 0 Å². The van der Waals surface area contributed by atoms with Crippen molar-refractivity contribution < 1.29 is 4.79 Å². The number of anilines is 1. The third-order valence-electron chi connectivity index (χ3n) is 5.86. The quantitative estimate of drug-likeness (QED) is 0.533. The Hall–Kier alpha value is -2.12. The van der Waals surface area contributed by atoms with Crippen LogP contribution in [0.3, 0.4) is 0 Å². The molecule has 1 aromatic carbocycles. The van der Waals surface area contributed by atoms with E-state index < -0.39 is 0 Å². The van der Waals surface area contributed by atoms with Gasteiger partial charge < -0.3 is 25.3 Å². The minimum absolute atomic E-state index is 0.0753. The van der Waals surface area contributed by atoms with E-state index in [1.54, 1.807) is 7.05 Å². The second kappa shape index (κ2) is 10.6. The lowest BCUT2D eigenvalue weighted by molar-refractivity contribution is -0.117. The van der Waals surface area contributed by atoms with Gasteiger partial charge in [0.15, 0.2) is 5.96 Å². The third kappa shape index (κ3) is 6.18. The van der Waals surface area contributed by atoms with Crippen molar-refractivity contribution in [1.82, 2.24) is 20.4 Å². The van der Waals surface area contributed by atoms with Crippen LogP contribution in [0.1, 0.15) is 20.3 Å². The highest BCUT2D eigenvalue weighted by molar-refractivity contribution is 5.97. The fourth-order valence-corrected chi connectivity index (χ4v) is 4.11. The van der Waals surface area contributed by atoms with Crippen LogP contribution in [-0.4, -0.2) is 87.1 Å². The van der Waals surface area contributed by atoms with Gasteiger partial charge in [-0.1, -0.05) is 32.0 Å². The Labute approximate surface area is 175 Å². The maximum absolute atomic E-state index is 12.4. The molecule has 0 saturated carbocycles. The molecule has 7 heteroatoms. The molecule has 2 unspecified atom stereocenters. The van der Waals surface area contributed by atoms with Crippen molar-refractivity contribution in [3.63, 3.8) is 0 Å². The molecule has 2 fully saturated rings. The number of nitrogens with zero attached hydrogens (tertiary/aromatic N) is 4. The maximum atomic E-state index is 12.4. The lowest BCUT2D eigenvalue weighted by Crippen LogP contribution is -2.49. The summed E-state index contributed by atoms with van der Waals surface area (Å²) >= 11 is 0. The van der Waals surface area contributed by atoms with E-state index in [0.717, 1.165) is 44.4 Å². The summed E-state index contributed by atoms with van der Waals surface area (Å²) in [6, 6.07) is 9.94. The van der Waals surface area contributed by atoms with Crippen molar-refractivity contribution >= 4 is 17.6 Å². The fourth-order valence-electron chi connectivity index (χ4n) is 4.11. The van der Waals surface area contributed by atoms with Crippen LogP contribution in [0.15, 0.2) is 35.3 Å². The second-order valence-electron chi connectivity index (χ2n) is 8.18. The molecule has 2 N–H and O–H groups in total. The van der Waals surface area contributed by atoms with Crippen molar-refractivity contribution in [2.24, 2.45) is 10.9 Å². The first-order valence-electron chi connectivity index (χ1n) is 10.9. The molecule has 0 aliphatic carbocycles. The largest absolute Gasteiger partial charge is 0.356 e. The van der Waals surface area contributed by atoms with Crippen LogP contribution >= 0.6 is 0 Å². The molecular formula is C22H36N6O. The molecule has 2 aliphatic rings. The van der Waals surface area contributed by atoms with Gasteiger partial charge in [0.25, 0.3) is 0 Å². The number of hydrogen-bond donors (Lipinski definition) is 2. The number of benzene rings is 1. The molecule has 1 amide bonds. The number of amides is 1. The molecule has 7 nitrogen and oxygen atoms in total. The molecule has 0 radical (unpaired) electrons. The molecule has 0 aromatic heterocycles. The van der Waals surface area contributed by atoms with Gasteiger partial charge in [0.05, 0.1) is 6.04 Å². The van der Waals surface area contributed by atoms with Crippen molar-refractivity contribution in [3.05, 3.63) is 30.3 Å². The van der Waals surface area contributed by atoms with Crippen LogP contribution in [-0.2, 0) is 4.79 Å². The van der Waals surface area contributed by atoms with Gasteiger partial charge in [-0.2, -0.15) is 0 Å². The molecule has 0 spiro atoms. The van der Waals surface area contributed by atoms with Gasteiger partial charge in [0.1, 0.15) is 0 Å². The van der Waals surface area contributed by atoms with E-state index in [1.165, 1.54) is 13.1 Å². The van der Waals surface area contributed by atoms with E-state index in [-0.39, 0.29) is 11.9 Å². The Morgan fingerprint density at radius 2 is 1.86 bits per heavy atom. The average molecular weight is 401 g/mol. The number of nitrogens with one attached hydrogen (secondary N) is 2. The predicted molar refractivity (Wildman–Crippen MR) is 119 cm³/mol. The molecular weight excluding hydrogens is 364 g/mol. The summed E-state index contributed by atoms with van der Waals surface area (Å²) in [7, 11) is 1.79. The Balaban J connectivity index is 1.41. The topological polar surface area (TPSA) is 63.2 Å². The van der Waals surface area contributed by atoms with E-state index in [1.807, 2.05) is 35.2 Å². The lowest BCUT2D eigenvalue weighted by atomic mass is 10.1. The normalized spacial score (nSPS) is 22.7. The van der Waals surface area contributed by atoms with Crippen molar-refractivity contribution in [2.75, 3.05) is 64.3 Å². The van der Waals surface area contributed by atoms with Crippen LogP contribution in [0.4, 0.5) is 5.69 Å². The van der Waals surface area contributed by atoms with Crippen molar-refractivity contribution in [2.45, 2.75) is 26.3 Å². The number of guanidine groups is 1. The van der Waals surface area contributed by atoms with E-state index >= 15 is 0 Å². The molecule has 2 heterocycles. The third-order valence-corrected chi connectivity index (χ3v) is 5.86. The molecule has 160 valence electrons. The van der Waals surface area contributed by atoms with Gasteiger partial charge in [0.2, 0.25) is 5.91 Å². The maximum Gasteiger partial charge on any atom is 0.229 e. The van der Waals surface area contributed by atoms with E-state index in [9.17, 15) is 4.79 Å². The van der Waals surface area contributed by atoms with E-state index in [0.29, 0.717) is 18.9 Å². The highest BCUT2D eigenvalue weighted by atomic mass is 16.2. The number of para-hydroxylation sites is 1. The minimum Gasteiger partial charge on any atom is -0.356 e. The zero-order chi connectivity index (χ0) is 20.6. The van der Waals surface area contributed by atoms with Gasteiger partial charge >= 0.3 is 0 Å². The van der Waals surface area contributed by atoms with Gasteiger partial charge in [0, 0.05) is 65.0 Å². The first-order valence-corrected chi connectivity index (χ1v) is 10.9. The zero-order valence-corrected chi connectivity index (χ0v) is 18.1. The van der Waals surface area contributed by atoms with Crippen molar-refractivity contribution in [1.29, 1.82) is 0 Å². The molecule has 3 rings (SSSR count). The van der Waals surface area contributed by atoms with Gasteiger partial charge in [-0.3, -0.25) is 9.79 Å².